The number of benzene rings is 1. The zero-order valence-corrected chi connectivity index (χ0v) is 13.2. The first-order chi connectivity index (χ1) is 9.67. The van der Waals surface area contributed by atoms with Crippen LogP contribution in [0.3, 0.4) is 0 Å². The Balaban J connectivity index is 2.95. The van der Waals surface area contributed by atoms with Gasteiger partial charge in [-0.15, -0.1) is 0 Å². The smallest absolute Gasteiger partial charge is 0.271 e. The van der Waals surface area contributed by atoms with Gasteiger partial charge in [0.25, 0.3) is 5.69 Å². The maximum absolute atomic E-state index is 12.3. The lowest BCUT2D eigenvalue weighted by molar-refractivity contribution is -0.384. The molecule has 2 atom stereocenters. The molecule has 118 valence electrons. The average molecular weight is 315 g/mol. The van der Waals surface area contributed by atoms with Crippen molar-refractivity contribution in [3.05, 3.63) is 28.3 Å². The number of anilines is 1. The molecule has 1 rings (SSSR count). The molecule has 1 aromatic rings. The van der Waals surface area contributed by atoms with E-state index in [4.69, 9.17) is 5.73 Å². The van der Waals surface area contributed by atoms with E-state index in [9.17, 15) is 18.5 Å². The van der Waals surface area contributed by atoms with Crippen LogP contribution in [0.2, 0.25) is 0 Å². The molecule has 8 heteroatoms. The van der Waals surface area contributed by atoms with Crippen LogP contribution in [-0.4, -0.2) is 19.4 Å². The lowest BCUT2D eigenvalue weighted by Gasteiger charge is -2.18. The van der Waals surface area contributed by atoms with Gasteiger partial charge in [0.05, 0.1) is 10.6 Å². The van der Waals surface area contributed by atoms with E-state index in [0.29, 0.717) is 12.3 Å². The minimum Gasteiger partial charge on any atom is -0.397 e. The number of nitrogen functional groups attached to an aromatic ring is 1. The number of nitrogens with two attached hydrogens (primary N) is 1. The number of sulfonamides is 1. The van der Waals surface area contributed by atoms with Gasteiger partial charge in [-0.05, 0) is 25.3 Å². The number of hydrogen-bond acceptors (Lipinski definition) is 5. The van der Waals surface area contributed by atoms with E-state index in [0.717, 1.165) is 24.6 Å². The fourth-order valence-corrected chi connectivity index (χ4v) is 3.41. The molecular formula is C13H21N3O4S. The Labute approximate surface area is 124 Å². The number of nitrogens with zero attached hydrogens (tertiary/aromatic N) is 1. The van der Waals surface area contributed by atoms with E-state index in [1.165, 1.54) is 0 Å². The maximum atomic E-state index is 12.3. The third-order valence-electron chi connectivity index (χ3n) is 3.30. The van der Waals surface area contributed by atoms with Gasteiger partial charge in [0.15, 0.2) is 0 Å². The summed E-state index contributed by atoms with van der Waals surface area (Å²) in [4.78, 5) is 9.88. The lowest BCUT2D eigenvalue weighted by Crippen LogP contribution is -2.34. The van der Waals surface area contributed by atoms with Gasteiger partial charge < -0.3 is 5.73 Å². The Morgan fingerprint density at radius 2 is 2.00 bits per heavy atom. The van der Waals surface area contributed by atoms with Crippen molar-refractivity contribution in [1.29, 1.82) is 0 Å². The first kappa shape index (κ1) is 17.4. The van der Waals surface area contributed by atoms with E-state index < -0.39 is 14.9 Å². The molecule has 0 saturated heterocycles. The molecule has 0 aliphatic heterocycles. The van der Waals surface area contributed by atoms with E-state index in [-0.39, 0.29) is 22.3 Å². The van der Waals surface area contributed by atoms with Crippen molar-refractivity contribution < 1.29 is 13.3 Å². The van der Waals surface area contributed by atoms with Crippen LogP contribution in [0.25, 0.3) is 0 Å². The minimum absolute atomic E-state index is 0.132. The van der Waals surface area contributed by atoms with E-state index in [1.807, 2.05) is 13.8 Å². The first-order valence-electron chi connectivity index (χ1n) is 6.73. The summed E-state index contributed by atoms with van der Waals surface area (Å²) >= 11 is 0. The number of hydrogen-bond donors (Lipinski definition) is 2. The van der Waals surface area contributed by atoms with Crippen LogP contribution in [0.5, 0.6) is 0 Å². The predicted molar refractivity (Wildman–Crippen MR) is 81.4 cm³/mol. The van der Waals surface area contributed by atoms with Crippen LogP contribution in [-0.2, 0) is 10.0 Å². The molecule has 0 aromatic heterocycles. The molecular weight excluding hydrogens is 294 g/mol. The molecule has 2 unspecified atom stereocenters. The molecule has 0 radical (unpaired) electrons. The fraction of sp³-hybridized carbons (Fsp3) is 0.538. The molecule has 3 N–H and O–H groups in total. The molecule has 7 nitrogen and oxygen atoms in total. The van der Waals surface area contributed by atoms with Crippen LogP contribution in [0.4, 0.5) is 11.4 Å². The Bertz CT molecular complexity index is 616. The molecule has 0 saturated carbocycles. The summed E-state index contributed by atoms with van der Waals surface area (Å²) in [6.07, 6.45) is 1.67. The quantitative estimate of drug-likeness (QED) is 0.455. The standard InChI is InChI=1S/C13H21N3O4S/c1-4-9(2)7-10(3)15-21(19,20)13-6-5-11(16(17)18)8-12(13)14/h5-6,8-10,15H,4,7,14H2,1-3H3. The van der Waals surface area contributed by atoms with Crippen molar-refractivity contribution in [1.82, 2.24) is 4.72 Å². The summed E-state index contributed by atoms with van der Waals surface area (Å²) in [5.41, 5.74) is 5.26. The monoisotopic (exact) mass is 315 g/mol. The van der Waals surface area contributed by atoms with Gasteiger partial charge in [0.2, 0.25) is 10.0 Å². The van der Waals surface area contributed by atoms with E-state index >= 15 is 0 Å². The summed E-state index contributed by atoms with van der Waals surface area (Å²) < 4.78 is 27.1. The molecule has 0 aliphatic carbocycles. The van der Waals surface area contributed by atoms with Gasteiger partial charge >= 0.3 is 0 Å². The second kappa shape index (κ2) is 6.86. The van der Waals surface area contributed by atoms with Crippen molar-refractivity contribution in [3.63, 3.8) is 0 Å². The van der Waals surface area contributed by atoms with Gasteiger partial charge in [-0.3, -0.25) is 10.1 Å². The number of nitro groups is 1. The third-order valence-corrected chi connectivity index (χ3v) is 4.97. The first-order valence-corrected chi connectivity index (χ1v) is 8.22. The van der Waals surface area contributed by atoms with Gasteiger partial charge in [-0.1, -0.05) is 20.3 Å². The predicted octanol–water partition coefficient (Wildman–Crippen LogP) is 2.28. The number of non-ortho nitro benzene ring substituents is 1. The highest BCUT2D eigenvalue weighted by Gasteiger charge is 2.22. The van der Waals surface area contributed by atoms with Crippen LogP contribution < -0.4 is 10.5 Å². The Morgan fingerprint density at radius 3 is 2.48 bits per heavy atom. The zero-order chi connectivity index (χ0) is 16.2. The molecule has 0 fully saturated rings. The number of rotatable bonds is 7. The van der Waals surface area contributed by atoms with Gasteiger partial charge in [0.1, 0.15) is 4.90 Å². The zero-order valence-electron chi connectivity index (χ0n) is 12.4. The van der Waals surface area contributed by atoms with Crippen LogP contribution in [0.15, 0.2) is 23.1 Å². The Kier molecular flexibility index (Phi) is 5.68. The molecule has 0 bridgehead atoms. The summed E-state index contributed by atoms with van der Waals surface area (Å²) in [6, 6.07) is 3.10. The SMILES string of the molecule is CCC(C)CC(C)NS(=O)(=O)c1ccc([N+](=O)[O-])cc1N. The van der Waals surface area contributed by atoms with Crippen LogP contribution in [0, 0.1) is 16.0 Å². The molecule has 0 amide bonds. The van der Waals surface area contributed by atoms with Crippen molar-refractivity contribution in [3.8, 4) is 0 Å². The molecule has 0 spiro atoms. The second-order valence-corrected chi connectivity index (χ2v) is 6.93. The average Bonchev–Trinajstić information content (AvgIpc) is 2.36. The normalized spacial score (nSPS) is 14.6. The molecule has 0 aliphatic rings. The molecule has 21 heavy (non-hydrogen) atoms. The Morgan fingerprint density at radius 1 is 1.38 bits per heavy atom. The van der Waals surface area contributed by atoms with E-state index in [1.54, 1.807) is 6.92 Å². The van der Waals surface area contributed by atoms with E-state index in [2.05, 4.69) is 4.72 Å². The van der Waals surface area contributed by atoms with Crippen molar-refractivity contribution >= 4 is 21.4 Å². The molecule has 1 aromatic carbocycles. The van der Waals surface area contributed by atoms with Crippen molar-refractivity contribution in [2.24, 2.45) is 5.92 Å². The summed E-state index contributed by atoms with van der Waals surface area (Å²) in [7, 11) is -3.78. The molecule has 0 heterocycles. The summed E-state index contributed by atoms with van der Waals surface area (Å²) in [5.74, 6) is 0.400. The highest BCUT2D eigenvalue weighted by Crippen LogP contribution is 2.24. The minimum atomic E-state index is -3.78. The van der Waals surface area contributed by atoms with Crippen molar-refractivity contribution in [2.75, 3.05) is 5.73 Å². The van der Waals surface area contributed by atoms with Crippen LogP contribution in [0.1, 0.15) is 33.6 Å². The Hall–Kier alpha value is -1.67. The fourth-order valence-electron chi connectivity index (χ4n) is 2.04. The van der Waals surface area contributed by atoms with Crippen molar-refractivity contribution in [2.45, 2.75) is 44.6 Å². The second-order valence-electron chi connectivity index (χ2n) is 5.25. The number of nitro benzene ring substituents is 1. The summed E-state index contributed by atoms with van der Waals surface area (Å²) in [6.45, 7) is 5.87. The van der Waals surface area contributed by atoms with Gasteiger partial charge in [0, 0.05) is 18.2 Å². The maximum Gasteiger partial charge on any atom is 0.271 e. The van der Waals surface area contributed by atoms with Gasteiger partial charge in [-0.2, -0.15) is 0 Å². The largest absolute Gasteiger partial charge is 0.397 e. The third kappa shape index (κ3) is 4.68. The van der Waals surface area contributed by atoms with Crippen LogP contribution >= 0.6 is 0 Å². The number of nitrogens with one attached hydrogen (secondary N) is 1. The highest BCUT2D eigenvalue weighted by atomic mass is 32.2. The highest BCUT2D eigenvalue weighted by molar-refractivity contribution is 7.89. The topological polar surface area (TPSA) is 115 Å². The lowest BCUT2D eigenvalue weighted by atomic mass is 10.0. The summed E-state index contributed by atoms with van der Waals surface area (Å²) in [5, 5.41) is 10.6. The van der Waals surface area contributed by atoms with Gasteiger partial charge in [-0.25, -0.2) is 13.1 Å².